The van der Waals surface area contributed by atoms with Gasteiger partial charge in [-0.25, -0.2) is 0 Å². The highest BCUT2D eigenvalue weighted by Gasteiger charge is 2.44. The number of aromatic hydroxyl groups is 5. The first-order chi connectivity index (χ1) is 15.1. The standard InChI is InChI=1S/C21H22O11/c1-7-16(26)18(28)19(29)21(30-7)32-15-6-10-11(23)4-9(22)5-14(10)31-20(15)8-2-12(24)17(27)13(25)3-8/h2-5,7,16,18-19,21-29H,6H2,1H3/t7-,16-,18+,19+,21-/m0/s1. The Labute approximate surface area is 181 Å². The summed E-state index contributed by atoms with van der Waals surface area (Å²) in [6.07, 6.45) is -6.98. The number of ether oxygens (including phenoxy) is 3. The van der Waals surface area contributed by atoms with Crippen molar-refractivity contribution in [2.45, 2.75) is 44.1 Å². The molecule has 0 radical (unpaired) electrons. The van der Waals surface area contributed by atoms with Crippen LogP contribution in [-0.2, 0) is 15.9 Å². The maximum Gasteiger partial charge on any atom is 0.228 e. The molecule has 172 valence electrons. The molecule has 0 spiro atoms. The molecule has 32 heavy (non-hydrogen) atoms. The van der Waals surface area contributed by atoms with Gasteiger partial charge in [-0.15, -0.1) is 0 Å². The quantitative estimate of drug-likeness (QED) is 0.301. The van der Waals surface area contributed by atoms with Gasteiger partial charge in [-0.1, -0.05) is 0 Å². The molecule has 2 heterocycles. The van der Waals surface area contributed by atoms with E-state index >= 15 is 0 Å². The average molecular weight is 450 g/mol. The van der Waals surface area contributed by atoms with Gasteiger partial charge >= 0.3 is 0 Å². The summed E-state index contributed by atoms with van der Waals surface area (Å²) in [5, 5.41) is 79.7. The first-order valence-electron chi connectivity index (χ1n) is 9.64. The molecule has 2 aromatic rings. The summed E-state index contributed by atoms with van der Waals surface area (Å²) in [6, 6.07) is 4.50. The largest absolute Gasteiger partial charge is 0.508 e. The highest BCUT2D eigenvalue weighted by atomic mass is 16.7. The Balaban J connectivity index is 1.79. The first-order valence-corrected chi connectivity index (χ1v) is 9.64. The van der Waals surface area contributed by atoms with E-state index in [0.29, 0.717) is 0 Å². The smallest absolute Gasteiger partial charge is 0.228 e. The monoisotopic (exact) mass is 450 g/mol. The van der Waals surface area contributed by atoms with Crippen molar-refractivity contribution in [3.8, 4) is 34.5 Å². The molecule has 4 rings (SSSR count). The number of rotatable bonds is 3. The molecule has 0 aromatic heterocycles. The molecule has 2 aliphatic heterocycles. The number of hydrogen-bond donors (Lipinski definition) is 8. The van der Waals surface area contributed by atoms with Gasteiger partial charge in [-0.3, -0.25) is 0 Å². The van der Waals surface area contributed by atoms with Crippen molar-refractivity contribution < 1.29 is 55.1 Å². The Kier molecular flexibility index (Phi) is 5.42. The molecular formula is C21H22O11. The van der Waals surface area contributed by atoms with Crippen LogP contribution < -0.4 is 4.74 Å². The highest BCUT2D eigenvalue weighted by Crippen LogP contribution is 2.45. The molecule has 0 unspecified atom stereocenters. The van der Waals surface area contributed by atoms with E-state index in [1.165, 1.54) is 13.0 Å². The van der Waals surface area contributed by atoms with Gasteiger partial charge < -0.3 is 55.1 Å². The Morgan fingerprint density at radius 2 is 1.50 bits per heavy atom. The molecule has 0 amide bonds. The Bertz CT molecular complexity index is 1060. The van der Waals surface area contributed by atoms with Crippen LogP contribution in [-0.4, -0.2) is 71.6 Å². The summed E-state index contributed by atoms with van der Waals surface area (Å²) in [7, 11) is 0. The van der Waals surface area contributed by atoms with Gasteiger partial charge in [0, 0.05) is 29.7 Å². The van der Waals surface area contributed by atoms with Gasteiger partial charge in [0.2, 0.25) is 6.29 Å². The zero-order valence-electron chi connectivity index (χ0n) is 16.7. The SMILES string of the molecule is C[C@@H]1O[C@@H](OC2=C(c3cc(O)c(O)c(O)c3)Oc3cc(O)cc(O)c3C2)[C@H](O)[C@H](O)[C@H]1O. The zero-order chi connectivity index (χ0) is 23.3. The predicted octanol–water partition coefficient (Wildman–Crippen LogP) is 0.362. The fraction of sp³-hybridized carbons (Fsp3) is 0.333. The van der Waals surface area contributed by atoms with Crippen LogP contribution in [0.15, 0.2) is 30.0 Å². The van der Waals surface area contributed by atoms with Crippen molar-refractivity contribution in [3.05, 3.63) is 41.2 Å². The summed E-state index contributed by atoms with van der Waals surface area (Å²) in [6.45, 7) is 1.47. The van der Waals surface area contributed by atoms with E-state index in [2.05, 4.69) is 0 Å². The van der Waals surface area contributed by atoms with E-state index in [0.717, 1.165) is 18.2 Å². The van der Waals surface area contributed by atoms with E-state index in [1.807, 2.05) is 0 Å². The molecular weight excluding hydrogens is 428 g/mol. The van der Waals surface area contributed by atoms with Gasteiger partial charge in [-0.2, -0.15) is 0 Å². The molecule has 2 aliphatic rings. The number of allylic oxidation sites excluding steroid dienone is 1. The lowest BCUT2D eigenvalue weighted by Gasteiger charge is -2.39. The van der Waals surface area contributed by atoms with Crippen LogP contribution in [0.4, 0.5) is 0 Å². The molecule has 0 saturated carbocycles. The molecule has 5 atom stereocenters. The molecule has 11 heteroatoms. The molecule has 0 aliphatic carbocycles. The Morgan fingerprint density at radius 1 is 0.844 bits per heavy atom. The molecule has 0 bridgehead atoms. The van der Waals surface area contributed by atoms with Gasteiger partial charge in [0.25, 0.3) is 0 Å². The zero-order valence-corrected chi connectivity index (χ0v) is 16.7. The van der Waals surface area contributed by atoms with E-state index < -0.39 is 48.0 Å². The average Bonchev–Trinajstić information content (AvgIpc) is 2.73. The van der Waals surface area contributed by atoms with Crippen LogP contribution in [0.5, 0.6) is 34.5 Å². The Hall–Kier alpha value is -3.38. The van der Waals surface area contributed by atoms with Gasteiger partial charge in [-0.05, 0) is 19.1 Å². The molecule has 1 saturated heterocycles. The predicted molar refractivity (Wildman–Crippen MR) is 106 cm³/mol. The number of fused-ring (bicyclic) bond motifs is 1. The normalized spacial score (nSPS) is 27.6. The maximum absolute atomic E-state index is 10.3. The fourth-order valence-corrected chi connectivity index (χ4v) is 3.59. The lowest BCUT2D eigenvalue weighted by molar-refractivity contribution is -0.283. The minimum atomic E-state index is -1.63. The molecule has 8 N–H and O–H groups in total. The van der Waals surface area contributed by atoms with Crippen LogP contribution in [0.2, 0.25) is 0 Å². The van der Waals surface area contributed by atoms with Gasteiger partial charge in [0.15, 0.2) is 23.0 Å². The van der Waals surface area contributed by atoms with Crippen molar-refractivity contribution >= 4 is 5.76 Å². The third-order valence-electron chi connectivity index (χ3n) is 5.37. The lowest BCUT2D eigenvalue weighted by Crippen LogP contribution is -2.57. The number of hydrogen-bond acceptors (Lipinski definition) is 11. The van der Waals surface area contributed by atoms with E-state index in [1.54, 1.807) is 0 Å². The fourth-order valence-electron chi connectivity index (χ4n) is 3.59. The van der Waals surface area contributed by atoms with Crippen molar-refractivity contribution in [2.75, 3.05) is 0 Å². The summed E-state index contributed by atoms with van der Waals surface area (Å²) < 4.78 is 17.0. The van der Waals surface area contributed by atoms with E-state index in [4.69, 9.17) is 14.2 Å². The van der Waals surface area contributed by atoms with E-state index in [9.17, 15) is 40.9 Å². The topological polar surface area (TPSA) is 190 Å². The number of aliphatic hydroxyl groups is 3. The van der Waals surface area contributed by atoms with Crippen LogP contribution in [0.25, 0.3) is 5.76 Å². The summed E-state index contributed by atoms with van der Waals surface area (Å²) in [5.41, 5.74) is 0.285. The number of aliphatic hydroxyl groups excluding tert-OH is 3. The second-order valence-electron chi connectivity index (χ2n) is 7.64. The first kappa shape index (κ1) is 21.8. The van der Waals surface area contributed by atoms with Crippen LogP contribution in [0.3, 0.4) is 0 Å². The van der Waals surface area contributed by atoms with Crippen molar-refractivity contribution in [1.29, 1.82) is 0 Å². The minimum absolute atomic E-state index is 0.0252. The van der Waals surface area contributed by atoms with Gasteiger partial charge in [0.05, 0.1) is 6.10 Å². The molecule has 1 fully saturated rings. The number of benzene rings is 2. The molecule has 11 nitrogen and oxygen atoms in total. The summed E-state index contributed by atoms with van der Waals surface area (Å²) in [4.78, 5) is 0. The van der Waals surface area contributed by atoms with Crippen molar-refractivity contribution in [3.63, 3.8) is 0 Å². The van der Waals surface area contributed by atoms with E-state index in [-0.39, 0.29) is 46.3 Å². The number of phenols is 5. The summed E-state index contributed by atoms with van der Waals surface area (Å²) >= 11 is 0. The summed E-state index contributed by atoms with van der Waals surface area (Å²) in [5.74, 6) is -2.68. The van der Waals surface area contributed by atoms with Crippen molar-refractivity contribution in [1.82, 2.24) is 0 Å². The second kappa shape index (κ2) is 7.95. The molecule has 2 aromatic carbocycles. The third-order valence-corrected chi connectivity index (χ3v) is 5.37. The lowest BCUT2D eigenvalue weighted by atomic mass is 9.99. The maximum atomic E-state index is 10.3. The Morgan fingerprint density at radius 3 is 2.16 bits per heavy atom. The second-order valence-corrected chi connectivity index (χ2v) is 7.64. The van der Waals surface area contributed by atoms with Crippen molar-refractivity contribution in [2.24, 2.45) is 0 Å². The van der Waals surface area contributed by atoms with Crippen LogP contribution >= 0.6 is 0 Å². The highest BCUT2D eigenvalue weighted by molar-refractivity contribution is 5.72. The van der Waals surface area contributed by atoms with Gasteiger partial charge in [0.1, 0.15) is 41.3 Å². The van der Waals surface area contributed by atoms with Crippen LogP contribution in [0, 0.1) is 0 Å². The number of phenolic OH excluding ortho intramolecular Hbond substituents is 5. The third kappa shape index (κ3) is 3.71. The van der Waals surface area contributed by atoms with Crippen LogP contribution in [0.1, 0.15) is 18.1 Å². The minimum Gasteiger partial charge on any atom is -0.508 e.